The van der Waals surface area contributed by atoms with Crippen molar-refractivity contribution in [3.8, 4) is 0 Å². The van der Waals surface area contributed by atoms with E-state index in [1.807, 2.05) is 32.1 Å². The van der Waals surface area contributed by atoms with Gasteiger partial charge >= 0.3 is 5.92 Å². The summed E-state index contributed by atoms with van der Waals surface area (Å²) in [6.07, 6.45) is 8.38. The second-order valence-corrected chi connectivity index (χ2v) is 6.55. The van der Waals surface area contributed by atoms with Crippen LogP contribution in [0.5, 0.6) is 0 Å². The first-order chi connectivity index (χ1) is 12.9. The van der Waals surface area contributed by atoms with Gasteiger partial charge in [0.2, 0.25) is 5.78 Å². The van der Waals surface area contributed by atoms with Crippen LogP contribution in [0.15, 0.2) is 66.8 Å². The fraction of sp³-hybridized carbons (Fsp3) is 0.435. The Labute approximate surface area is 161 Å². The summed E-state index contributed by atoms with van der Waals surface area (Å²) >= 11 is 0. The zero-order valence-corrected chi connectivity index (χ0v) is 16.3. The summed E-state index contributed by atoms with van der Waals surface area (Å²) in [5, 5.41) is 0. The summed E-state index contributed by atoms with van der Waals surface area (Å²) in [5.74, 6) is -4.69. The average Bonchev–Trinajstić information content (AvgIpc) is 2.66. The van der Waals surface area contributed by atoms with Crippen molar-refractivity contribution in [2.24, 2.45) is 0 Å². The Morgan fingerprint density at radius 1 is 1.22 bits per heavy atom. The predicted octanol–water partition coefficient (Wildman–Crippen LogP) is 6.44. The van der Waals surface area contributed by atoms with Crippen molar-refractivity contribution in [3.63, 3.8) is 0 Å². The fourth-order valence-electron chi connectivity index (χ4n) is 2.62. The lowest BCUT2D eigenvalue weighted by Crippen LogP contribution is -2.41. The van der Waals surface area contributed by atoms with E-state index in [1.54, 1.807) is 24.3 Å². The van der Waals surface area contributed by atoms with Gasteiger partial charge in [0, 0.05) is 6.42 Å². The Bertz CT molecular complexity index is 633. The van der Waals surface area contributed by atoms with Crippen LogP contribution in [-0.2, 0) is 16.1 Å². The molecular formula is C23H30F2O2. The number of Topliss-reactive ketones (excluding diaryl/α,β-unsaturated/α-hetero) is 1. The van der Waals surface area contributed by atoms with Gasteiger partial charge in [0.05, 0.1) is 6.61 Å². The van der Waals surface area contributed by atoms with Crippen LogP contribution in [-0.4, -0.2) is 17.8 Å². The monoisotopic (exact) mass is 376 g/mol. The highest BCUT2D eigenvalue weighted by atomic mass is 19.3. The number of ether oxygens (including phenoxy) is 1. The largest absolute Gasteiger partial charge is 0.363 e. The van der Waals surface area contributed by atoms with Gasteiger partial charge in [0.25, 0.3) is 0 Å². The van der Waals surface area contributed by atoms with Gasteiger partial charge in [0.1, 0.15) is 6.10 Å². The fourth-order valence-corrected chi connectivity index (χ4v) is 2.62. The number of ketones is 1. The minimum Gasteiger partial charge on any atom is -0.363 e. The van der Waals surface area contributed by atoms with E-state index >= 15 is 0 Å². The molecule has 0 radical (unpaired) electrons. The minimum atomic E-state index is -3.58. The van der Waals surface area contributed by atoms with Crippen LogP contribution in [0.2, 0.25) is 0 Å². The molecule has 148 valence electrons. The lowest BCUT2D eigenvalue weighted by molar-refractivity contribution is -0.163. The molecule has 27 heavy (non-hydrogen) atoms. The first-order valence-corrected chi connectivity index (χ1v) is 9.37. The van der Waals surface area contributed by atoms with Crippen LogP contribution >= 0.6 is 0 Å². The number of rotatable bonds is 13. The van der Waals surface area contributed by atoms with Gasteiger partial charge in [-0.3, -0.25) is 4.79 Å². The second kappa shape index (κ2) is 12.3. The summed E-state index contributed by atoms with van der Waals surface area (Å²) in [7, 11) is 0. The lowest BCUT2D eigenvalue weighted by Gasteiger charge is -2.23. The lowest BCUT2D eigenvalue weighted by atomic mass is 10.0. The molecule has 0 saturated carbocycles. The molecule has 2 nitrogen and oxygen atoms in total. The van der Waals surface area contributed by atoms with Crippen molar-refractivity contribution in [2.75, 3.05) is 0 Å². The average molecular weight is 376 g/mol. The van der Waals surface area contributed by atoms with E-state index < -0.39 is 17.8 Å². The molecule has 1 rings (SSSR count). The van der Waals surface area contributed by atoms with Gasteiger partial charge < -0.3 is 4.74 Å². The molecule has 0 N–H and O–H groups in total. The van der Waals surface area contributed by atoms with Crippen molar-refractivity contribution in [2.45, 2.75) is 64.6 Å². The molecule has 0 spiro atoms. The second-order valence-electron chi connectivity index (χ2n) is 6.55. The number of alkyl halides is 2. The van der Waals surface area contributed by atoms with Gasteiger partial charge in [-0.25, -0.2) is 0 Å². The normalized spacial score (nSPS) is 13.7. The van der Waals surface area contributed by atoms with Crippen LogP contribution in [0.25, 0.3) is 0 Å². The van der Waals surface area contributed by atoms with Gasteiger partial charge in [-0.1, -0.05) is 60.2 Å². The molecule has 0 aromatic heterocycles. The SMILES string of the molecule is C=CC(OCc1ccccc1)C(F)(F)C(=O)CCC=C(C)CCCC=CC. The third-order valence-electron chi connectivity index (χ3n) is 4.26. The van der Waals surface area contributed by atoms with Gasteiger partial charge in [-0.15, -0.1) is 6.58 Å². The van der Waals surface area contributed by atoms with Gasteiger partial charge in [0.15, 0.2) is 0 Å². The van der Waals surface area contributed by atoms with Gasteiger partial charge in [-0.2, -0.15) is 8.78 Å². The summed E-state index contributed by atoms with van der Waals surface area (Å²) in [4.78, 5) is 12.0. The third-order valence-corrected chi connectivity index (χ3v) is 4.26. The maximum Gasteiger partial charge on any atom is 0.334 e. The molecule has 0 saturated heterocycles. The molecule has 1 aromatic carbocycles. The van der Waals surface area contributed by atoms with E-state index in [9.17, 15) is 13.6 Å². The van der Waals surface area contributed by atoms with Crippen LogP contribution in [0.3, 0.4) is 0 Å². The van der Waals surface area contributed by atoms with Crippen LogP contribution in [0.4, 0.5) is 8.78 Å². The Hall–Kier alpha value is -2.07. The standard InChI is InChI=1S/C23H30F2O2/c1-4-6-7-9-13-19(3)14-12-17-21(26)23(24,25)22(5-2)27-18-20-15-10-8-11-16-20/h4-6,8,10-11,14-16,22H,2,7,9,12-13,17-18H2,1,3H3. The zero-order valence-electron chi connectivity index (χ0n) is 16.3. The Kier molecular flexibility index (Phi) is 10.5. The number of unbranched alkanes of at least 4 members (excludes halogenated alkanes) is 1. The smallest absolute Gasteiger partial charge is 0.334 e. The molecule has 0 aliphatic carbocycles. The van der Waals surface area contributed by atoms with Gasteiger partial charge in [-0.05, 0) is 45.1 Å². The Balaban J connectivity index is 2.50. The maximum atomic E-state index is 14.4. The molecule has 0 heterocycles. The molecule has 0 aliphatic rings. The van der Waals surface area contributed by atoms with E-state index in [2.05, 4.69) is 12.7 Å². The summed E-state index contributed by atoms with van der Waals surface area (Å²) < 4.78 is 34.1. The molecule has 0 fully saturated rings. The minimum absolute atomic E-state index is 0.00557. The Morgan fingerprint density at radius 2 is 1.93 bits per heavy atom. The first-order valence-electron chi connectivity index (χ1n) is 9.37. The topological polar surface area (TPSA) is 26.3 Å². The van der Waals surface area contributed by atoms with E-state index in [0.29, 0.717) is 6.42 Å². The molecule has 0 aliphatic heterocycles. The number of carbonyl (C=O) groups excluding carboxylic acids is 1. The van der Waals surface area contributed by atoms with E-state index in [1.165, 1.54) is 0 Å². The number of benzene rings is 1. The first kappa shape index (κ1) is 23.0. The van der Waals surface area contributed by atoms with Crippen LogP contribution in [0, 0.1) is 0 Å². The maximum absolute atomic E-state index is 14.4. The van der Waals surface area contributed by atoms with E-state index in [-0.39, 0.29) is 13.0 Å². The zero-order chi connectivity index (χ0) is 20.1. The predicted molar refractivity (Wildman–Crippen MR) is 107 cm³/mol. The highest BCUT2D eigenvalue weighted by Crippen LogP contribution is 2.27. The number of carbonyl (C=O) groups is 1. The highest BCUT2D eigenvalue weighted by Gasteiger charge is 2.45. The Morgan fingerprint density at radius 3 is 2.56 bits per heavy atom. The van der Waals surface area contributed by atoms with Crippen molar-refractivity contribution >= 4 is 5.78 Å². The molecule has 0 amide bonds. The summed E-state index contributed by atoms with van der Waals surface area (Å²) in [6.45, 7) is 7.36. The van der Waals surface area contributed by atoms with Crippen molar-refractivity contribution in [3.05, 3.63) is 72.4 Å². The highest BCUT2D eigenvalue weighted by molar-refractivity contribution is 5.86. The quantitative estimate of drug-likeness (QED) is 0.293. The summed E-state index contributed by atoms with van der Waals surface area (Å²) in [5.41, 5.74) is 1.89. The number of halogens is 2. The third kappa shape index (κ3) is 8.44. The van der Waals surface area contributed by atoms with Crippen molar-refractivity contribution in [1.29, 1.82) is 0 Å². The molecule has 1 atom stereocenters. The van der Waals surface area contributed by atoms with Crippen molar-refractivity contribution < 1.29 is 18.3 Å². The molecule has 4 heteroatoms. The van der Waals surface area contributed by atoms with E-state index in [0.717, 1.165) is 36.5 Å². The molecular weight excluding hydrogens is 346 g/mol. The number of allylic oxidation sites excluding steroid dienone is 4. The van der Waals surface area contributed by atoms with Crippen LogP contribution in [0.1, 0.15) is 51.5 Å². The van der Waals surface area contributed by atoms with Crippen molar-refractivity contribution in [1.82, 2.24) is 0 Å². The number of hydrogen-bond acceptors (Lipinski definition) is 2. The molecule has 1 unspecified atom stereocenters. The molecule has 0 bridgehead atoms. The van der Waals surface area contributed by atoms with E-state index in [4.69, 9.17) is 4.74 Å². The number of hydrogen-bond donors (Lipinski definition) is 0. The summed E-state index contributed by atoms with van der Waals surface area (Å²) in [6, 6.07) is 9.01. The molecule has 1 aromatic rings. The van der Waals surface area contributed by atoms with Crippen LogP contribution < -0.4 is 0 Å².